The second kappa shape index (κ2) is 13.7. The van der Waals surface area contributed by atoms with E-state index in [2.05, 4.69) is 20.9 Å². The summed E-state index contributed by atoms with van der Waals surface area (Å²) in [5.41, 5.74) is 2.14. The second-order valence-electron chi connectivity index (χ2n) is 9.76. The van der Waals surface area contributed by atoms with E-state index in [9.17, 15) is 14.4 Å². The van der Waals surface area contributed by atoms with E-state index in [4.69, 9.17) is 23.4 Å². The Labute approximate surface area is 271 Å². The van der Waals surface area contributed by atoms with Crippen molar-refractivity contribution in [1.29, 1.82) is 0 Å². The predicted octanol–water partition coefficient (Wildman–Crippen LogP) is 5.40. The van der Waals surface area contributed by atoms with Crippen molar-refractivity contribution >= 4 is 45.3 Å². The van der Waals surface area contributed by atoms with E-state index in [1.807, 2.05) is 6.92 Å². The number of hydrogen-bond acceptors (Lipinski definition) is 10. The van der Waals surface area contributed by atoms with Crippen LogP contribution in [0.4, 0.5) is 0 Å². The van der Waals surface area contributed by atoms with E-state index in [0.717, 1.165) is 5.56 Å². The summed E-state index contributed by atoms with van der Waals surface area (Å²) in [6, 6.07) is 13.1. The number of fused-ring (bicyclic) bond motifs is 1. The highest BCUT2D eigenvalue weighted by Gasteiger charge is 2.35. The molecule has 0 saturated heterocycles. The lowest BCUT2D eigenvalue weighted by atomic mass is 9.95. The molecule has 1 atom stereocenters. The fraction of sp³-hybridized carbons (Fsp3) is 0.273. The van der Waals surface area contributed by atoms with Crippen LogP contribution in [0, 0.1) is 0 Å². The number of benzene rings is 2. The van der Waals surface area contributed by atoms with Gasteiger partial charge in [0.2, 0.25) is 0 Å². The van der Waals surface area contributed by atoms with Crippen LogP contribution in [0.3, 0.4) is 0 Å². The summed E-state index contributed by atoms with van der Waals surface area (Å²) < 4.78 is 30.3. The molecule has 0 fully saturated rings. The third-order valence-corrected chi connectivity index (χ3v) is 8.64. The second-order valence-corrected chi connectivity index (χ2v) is 11.6. The first kappa shape index (κ1) is 32.0. The maximum atomic E-state index is 14.1. The van der Waals surface area contributed by atoms with Crippen LogP contribution in [0.25, 0.3) is 17.4 Å². The average Bonchev–Trinajstić information content (AvgIpc) is 3.61. The minimum atomic E-state index is -0.855. The Morgan fingerprint density at radius 2 is 1.71 bits per heavy atom. The predicted molar refractivity (Wildman–Crippen MR) is 172 cm³/mol. The van der Waals surface area contributed by atoms with Crippen LogP contribution in [-0.4, -0.2) is 43.4 Å². The molecule has 45 heavy (non-hydrogen) atoms. The number of carbonyl (C=O) groups excluding carboxylic acids is 2. The number of ether oxygens (including phenoxy) is 4. The zero-order valence-electron chi connectivity index (χ0n) is 25.3. The monoisotopic (exact) mass is 694 g/mol. The van der Waals surface area contributed by atoms with Gasteiger partial charge in [-0.05, 0) is 69.7 Å². The molecule has 1 aliphatic heterocycles. The smallest absolute Gasteiger partial charge is 0.338 e. The van der Waals surface area contributed by atoms with Crippen LogP contribution < -0.4 is 24.4 Å². The van der Waals surface area contributed by atoms with Crippen molar-refractivity contribution in [3.8, 4) is 22.8 Å². The van der Waals surface area contributed by atoms with Crippen LogP contribution >= 0.6 is 27.3 Å². The van der Waals surface area contributed by atoms with Gasteiger partial charge in [-0.1, -0.05) is 39.4 Å². The first-order valence-corrected chi connectivity index (χ1v) is 15.9. The van der Waals surface area contributed by atoms with E-state index in [0.29, 0.717) is 66.9 Å². The van der Waals surface area contributed by atoms with Gasteiger partial charge < -0.3 is 23.4 Å². The van der Waals surface area contributed by atoms with Crippen molar-refractivity contribution in [1.82, 2.24) is 4.57 Å². The Morgan fingerprint density at radius 3 is 2.38 bits per heavy atom. The minimum absolute atomic E-state index is 0.160. The highest BCUT2D eigenvalue weighted by Crippen LogP contribution is 2.41. The zero-order valence-corrected chi connectivity index (χ0v) is 27.7. The lowest BCUT2D eigenvalue weighted by Crippen LogP contribution is -2.40. The van der Waals surface area contributed by atoms with E-state index >= 15 is 0 Å². The molecule has 234 valence electrons. The summed E-state index contributed by atoms with van der Waals surface area (Å²) >= 11 is 4.82. The van der Waals surface area contributed by atoms with Crippen molar-refractivity contribution in [3.05, 3.63) is 101 Å². The first-order chi connectivity index (χ1) is 21.7. The summed E-state index contributed by atoms with van der Waals surface area (Å²) in [6.07, 6.45) is 1.65. The van der Waals surface area contributed by atoms with Gasteiger partial charge in [0.15, 0.2) is 16.3 Å². The number of hydrogen-bond donors (Lipinski definition) is 0. The van der Waals surface area contributed by atoms with Crippen molar-refractivity contribution in [2.24, 2.45) is 4.99 Å². The number of furan rings is 1. The van der Waals surface area contributed by atoms with Crippen LogP contribution in [-0.2, 0) is 14.3 Å². The van der Waals surface area contributed by atoms with Gasteiger partial charge in [0.05, 0.1) is 54.3 Å². The van der Waals surface area contributed by atoms with E-state index in [1.54, 1.807) is 75.4 Å². The van der Waals surface area contributed by atoms with Gasteiger partial charge >= 0.3 is 11.9 Å². The largest absolute Gasteiger partial charge is 0.493 e. The molecule has 5 rings (SSSR count). The number of thiazole rings is 1. The number of methoxy groups -OCH3 is 1. The molecule has 2 aromatic heterocycles. The van der Waals surface area contributed by atoms with Crippen LogP contribution in [0.2, 0.25) is 0 Å². The SMILES string of the molecule is CCOC(=O)C1=C(C)N=c2s/c(=C/c3ccc(-c4ccc(C(=O)OCC)cc4)o3)c(=O)n2[C@@H]1c1cc(OC)c(OCC)cc1Br. The number of rotatable bonds is 10. The van der Waals surface area contributed by atoms with Crippen molar-refractivity contribution in [2.45, 2.75) is 33.7 Å². The van der Waals surface area contributed by atoms with E-state index in [1.165, 1.54) is 23.0 Å². The molecule has 4 aromatic rings. The highest BCUT2D eigenvalue weighted by molar-refractivity contribution is 9.10. The summed E-state index contributed by atoms with van der Waals surface area (Å²) in [5, 5.41) is 0. The average molecular weight is 696 g/mol. The molecule has 0 N–H and O–H groups in total. The molecule has 10 nitrogen and oxygen atoms in total. The molecule has 0 bridgehead atoms. The Balaban J connectivity index is 1.60. The normalized spacial score (nSPS) is 14.5. The molecule has 0 amide bonds. The van der Waals surface area contributed by atoms with Crippen molar-refractivity contribution in [3.63, 3.8) is 0 Å². The maximum Gasteiger partial charge on any atom is 0.338 e. The summed E-state index contributed by atoms with van der Waals surface area (Å²) in [4.78, 5) is 44.4. The summed E-state index contributed by atoms with van der Waals surface area (Å²) in [7, 11) is 1.53. The lowest BCUT2D eigenvalue weighted by Gasteiger charge is -2.26. The standard InChI is InChI=1S/C33H31BrN2O8S/c1-6-41-26-17-23(34)22(16-25(26)40-5)29-28(32(39)43-8-3)18(4)35-33-36(29)30(37)27(45-33)15-21-13-14-24(44-21)19-9-11-20(12-10-19)31(38)42-7-2/h9-17,29H,6-8H2,1-5H3/b27-15+/t29-/m1/s1. The first-order valence-electron chi connectivity index (χ1n) is 14.3. The van der Waals surface area contributed by atoms with Crippen molar-refractivity contribution in [2.75, 3.05) is 26.9 Å². The molecule has 0 saturated carbocycles. The van der Waals surface area contributed by atoms with Crippen LogP contribution in [0.15, 0.2) is 78.5 Å². The fourth-order valence-electron chi connectivity index (χ4n) is 4.97. The Hall–Kier alpha value is -4.42. The van der Waals surface area contributed by atoms with Crippen molar-refractivity contribution < 1.29 is 33.0 Å². The molecule has 1 aliphatic rings. The van der Waals surface area contributed by atoms with E-state index < -0.39 is 18.0 Å². The Morgan fingerprint density at radius 1 is 1.00 bits per heavy atom. The molecule has 2 aromatic carbocycles. The van der Waals surface area contributed by atoms with Gasteiger partial charge in [0.1, 0.15) is 11.5 Å². The fourth-order valence-corrected chi connectivity index (χ4v) is 6.54. The van der Waals surface area contributed by atoms with Gasteiger partial charge in [-0.3, -0.25) is 9.36 Å². The molecule has 0 aliphatic carbocycles. The highest BCUT2D eigenvalue weighted by atomic mass is 79.9. The maximum absolute atomic E-state index is 14.1. The number of esters is 2. The van der Waals surface area contributed by atoms with Gasteiger partial charge in [-0.15, -0.1) is 0 Å². The zero-order chi connectivity index (χ0) is 32.2. The van der Waals surface area contributed by atoms with Gasteiger partial charge in [0.25, 0.3) is 5.56 Å². The molecule has 0 radical (unpaired) electrons. The van der Waals surface area contributed by atoms with Crippen LogP contribution in [0.5, 0.6) is 11.5 Å². The lowest BCUT2D eigenvalue weighted by molar-refractivity contribution is -0.139. The number of halogens is 1. The number of carbonyl (C=O) groups is 2. The molecule has 0 unspecified atom stereocenters. The topological polar surface area (TPSA) is 119 Å². The Kier molecular flexibility index (Phi) is 9.74. The van der Waals surface area contributed by atoms with E-state index in [-0.39, 0.29) is 17.7 Å². The van der Waals surface area contributed by atoms with Gasteiger partial charge in [-0.25, -0.2) is 14.6 Å². The number of nitrogens with zero attached hydrogens (tertiary/aromatic N) is 2. The molecular formula is C33H31BrN2O8S. The molecule has 3 heterocycles. The third-order valence-electron chi connectivity index (χ3n) is 6.98. The number of aromatic nitrogens is 1. The summed E-state index contributed by atoms with van der Waals surface area (Å²) in [5.74, 6) is 1.02. The molecule has 0 spiro atoms. The summed E-state index contributed by atoms with van der Waals surface area (Å²) in [6.45, 7) is 7.95. The van der Waals surface area contributed by atoms with Gasteiger partial charge in [-0.2, -0.15) is 0 Å². The van der Waals surface area contributed by atoms with Gasteiger partial charge in [0, 0.05) is 16.1 Å². The van der Waals surface area contributed by atoms with Crippen LogP contribution in [0.1, 0.15) is 55.4 Å². The Bertz CT molecular complexity index is 1970. The number of allylic oxidation sites excluding steroid dienone is 1. The quantitative estimate of drug-likeness (QED) is 0.203. The molecule has 12 heteroatoms. The molecular weight excluding hydrogens is 664 g/mol. The minimum Gasteiger partial charge on any atom is -0.493 e. The third kappa shape index (κ3) is 6.38.